The van der Waals surface area contributed by atoms with E-state index in [4.69, 9.17) is 11.6 Å². The smallest absolute Gasteiger partial charge is 0.251 e. The topological polar surface area (TPSA) is 32.3 Å². The minimum Gasteiger partial charge on any atom is -0.348 e. The lowest BCUT2D eigenvalue weighted by Crippen LogP contribution is -2.43. The Morgan fingerprint density at radius 2 is 1.95 bits per heavy atom. The maximum absolute atomic E-state index is 12.1. The quantitative estimate of drug-likeness (QED) is 0.903. The van der Waals surface area contributed by atoms with Crippen LogP contribution in [-0.2, 0) is 0 Å². The molecule has 1 fully saturated rings. The van der Waals surface area contributed by atoms with Crippen molar-refractivity contribution in [2.24, 2.45) is 0 Å². The lowest BCUT2D eigenvalue weighted by molar-refractivity contribution is 0.0932. The van der Waals surface area contributed by atoms with Gasteiger partial charge in [-0.2, -0.15) is 0 Å². The van der Waals surface area contributed by atoms with Gasteiger partial charge in [0.05, 0.1) is 0 Å². The number of likely N-dealkylation sites (tertiary alicyclic amines) is 1. The van der Waals surface area contributed by atoms with E-state index in [0.29, 0.717) is 10.6 Å². The van der Waals surface area contributed by atoms with E-state index < -0.39 is 0 Å². The second-order valence-electron chi connectivity index (χ2n) is 6.08. The molecule has 1 atom stereocenters. The molecular weight excluding hydrogens is 260 g/mol. The number of nitrogens with one attached hydrogen (secondary N) is 1. The van der Waals surface area contributed by atoms with Crippen molar-refractivity contribution >= 4 is 17.5 Å². The van der Waals surface area contributed by atoms with Crippen LogP contribution in [0.1, 0.15) is 37.6 Å². The van der Waals surface area contributed by atoms with Crippen molar-refractivity contribution in [3.8, 4) is 0 Å². The van der Waals surface area contributed by atoms with E-state index in [-0.39, 0.29) is 17.5 Å². The van der Waals surface area contributed by atoms with Gasteiger partial charge in [0.2, 0.25) is 0 Å². The molecule has 104 valence electrons. The fourth-order valence-electron chi connectivity index (χ4n) is 2.36. The number of benzene rings is 1. The first-order valence-corrected chi connectivity index (χ1v) is 7.05. The molecule has 1 N–H and O–H groups in total. The Morgan fingerprint density at radius 1 is 1.32 bits per heavy atom. The Kier molecular flexibility index (Phi) is 4.16. The highest BCUT2D eigenvalue weighted by atomic mass is 35.5. The van der Waals surface area contributed by atoms with Gasteiger partial charge in [0.25, 0.3) is 5.91 Å². The molecule has 3 nitrogen and oxygen atoms in total. The number of rotatable bonds is 2. The van der Waals surface area contributed by atoms with Crippen molar-refractivity contribution < 1.29 is 4.79 Å². The SMILES string of the molecule is CC(C)(C)N1CC[C@H](NC(=O)c2ccc(Cl)cc2)C1. The Hall–Kier alpha value is -1.06. The highest BCUT2D eigenvalue weighted by Crippen LogP contribution is 2.20. The maximum Gasteiger partial charge on any atom is 0.251 e. The summed E-state index contributed by atoms with van der Waals surface area (Å²) in [6.07, 6.45) is 1.01. The average Bonchev–Trinajstić information content (AvgIpc) is 2.78. The molecule has 1 aliphatic heterocycles. The average molecular weight is 281 g/mol. The zero-order chi connectivity index (χ0) is 14.0. The molecule has 4 heteroatoms. The molecule has 19 heavy (non-hydrogen) atoms. The van der Waals surface area contributed by atoms with Gasteiger partial charge in [-0.1, -0.05) is 11.6 Å². The van der Waals surface area contributed by atoms with Crippen molar-refractivity contribution in [3.05, 3.63) is 34.9 Å². The van der Waals surface area contributed by atoms with Crippen molar-refractivity contribution in [2.45, 2.75) is 38.8 Å². The van der Waals surface area contributed by atoms with E-state index in [1.807, 2.05) is 0 Å². The van der Waals surface area contributed by atoms with Crippen molar-refractivity contribution in [1.82, 2.24) is 10.2 Å². The van der Waals surface area contributed by atoms with Gasteiger partial charge >= 0.3 is 0 Å². The van der Waals surface area contributed by atoms with Crippen LogP contribution >= 0.6 is 11.6 Å². The summed E-state index contributed by atoms with van der Waals surface area (Å²) in [6.45, 7) is 8.57. The van der Waals surface area contributed by atoms with Crippen LogP contribution < -0.4 is 5.32 Å². The van der Waals surface area contributed by atoms with E-state index in [9.17, 15) is 4.79 Å². The lowest BCUT2D eigenvalue weighted by Gasteiger charge is -2.31. The monoisotopic (exact) mass is 280 g/mol. The summed E-state index contributed by atoms with van der Waals surface area (Å²) in [5.74, 6) is -0.0163. The summed E-state index contributed by atoms with van der Waals surface area (Å²) in [6, 6.07) is 7.24. The first-order valence-electron chi connectivity index (χ1n) is 6.68. The third kappa shape index (κ3) is 3.71. The molecule has 0 bridgehead atoms. The fourth-order valence-corrected chi connectivity index (χ4v) is 2.48. The molecular formula is C15H21ClN2O. The highest BCUT2D eigenvalue weighted by Gasteiger charge is 2.30. The summed E-state index contributed by atoms with van der Waals surface area (Å²) in [5.41, 5.74) is 0.832. The third-order valence-electron chi connectivity index (χ3n) is 3.58. The van der Waals surface area contributed by atoms with Crippen LogP contribution in [-0.4, -0.2) is 35.5 Å². The number of hydrogen-bond acceptors (Lipinski definition) is 2. The standard InChI is InChI=1S/C15H21ClN2O/c1-15(2,3)18-9-8-13(10-18)17-14(19)11-4-6-12(16)7-5-11/h4-7,13H,8-10H2,1-3H3,(H,17,19)/t13-/m0/s1. The van der Waals surface area contributed by atoms with Crippen LogP contribution in [0.5, 0.6) is 0 Å². The molecule has 1 saturated heterocycles. The summed E-state index contributed by atoms with van der Waals surface area (Å²) in [7, 11) is 0. The number of carbonyl (C=O) groups is 1. The van der Waals surface area contributed by atoms with Crippen LogP contribution in [0, 0.1) is 0 Å². The minimum absolute atomic E-state index is 0.0163. The first kappa shape index (κ1) is 14.4. The second kappa shape index (κ2) is 5.51. The molecule has 1 heterocycles. The zero-order valence-electron chi connectivity index (χ0n) is 11.7. The van der Waals surface area contributed by atoms with Gasteiger partial charge < -0.3 is 5.32 Å². The summed E-state index contributed by atoms with van der Waals surface area (Å²) in [5, 5.41) is 3.74. The molecule has 1 aromatic rings. The van der Waals surface area contributed by atoms with Gasteiger partial charge in [0, 0.05) is 35.3 Å². The molecule has 0 spiro atoms. The molecule has 1 aromatic carbocycles. The summed E-state index contributed by atoms with van der Waals surface area (Å²) >= 11 is 5.82. The largest absolute Gasteiger partial charge is 0.348 e. The van der Waals surface area contributed by atoms with Crippen LogP contribution in [0.4, 0.5) is 0 Å². The Bertz CT molecular complexity index is 450. The molecule has 1 aliphatic rings. The van der Waals surface area contributed by atoms with E-state index in [2.05, 4.69) is 31.0 Å². The van der Waals surface area contributed by atoms with Crippen LogP contribution in [0.25, 0.3) is 0 Å². The predicted molar refractivity (Wildman–Crippen MR) is 78.6 cm³/mol. The summed E-state index contributed by atoms with van der Waals surface area (Å²) < 4.78 is 0. The van der Waals surface area contributed by atoms with Crippen LogP contribution in [0.2, 0.25) is 5.02 Å². The Balaban J connectivity index is 1.92. The van der Waals surface area contributed by atoms with Gasteiger partial charge in [-0.25, -0.2) is 0 Å². The minimum atomic E-state index is -0.0163. The van der Waals surface area contributed by atoms with Gasteiger partial charge in [-0.05, 0) is 51.5 Å². The molecule has 0 aliphatic carbocycles. The molecule has 0 saturated carbocycles. The highest BCUT2D eigenvalue weighted by molar-refractivity contribution is 6.30. The number of halogens is 1. The first-order chi connectivity index (χ1) is 8.86. The van der Waals surface area contributed by atoms with E-state index in [1.165, 1.54) is 0 Å². The molecule has 0 radical (unpaired) electrons. The number of amides is 1. The van der Waals surface area contributed by atoms with Crippen LogP contribution in [0.15, 0.2) is 24.3 Å². The molecule has 0 aromatic heterocycles. The number of nitrogens with zero attached hydrogens (tertiary/aromatic N) is 1. The third-order valence-corrected chi connectivity index (χ3v) is 3.83. The van der Waals surface area contributed by atoms with E-state index in [0.717, 1.165) is 19.5 Å². The molecule has 1 amide bonds. The number of hydrogen-bond donors (Lipinski definition) is 1. The Labute approximate surface area is 119 Å². The van der Waals surface area contributed by atoms with E-state index >= 15 is 0 Å². The van der Waals surface area contributed by atoms with Gasteiger partial charge in [0.1, 0.15) is 0 Å². The fraction of sp³-hybridized carbons (Fsp3) is 0.533. The zero-order valence-corrected chi connectivity index (χ0v) is 12.5. The van der Waals surface area contributed by atoms with Crippen molar-refractivity contribution in [3.63, 3.8) is 0 Å². The summed E-state index contributed by atoms with van der Waals surface area (Å²) in [4.78, 5) is 14.5. The van der Waals surface area contributed by atoms with Gasteiger partial charge in [0.15, 0.2) is 0 Å². The van der Waals surface area contributed by atoms with Crippen LogP contribution in [0.3, 0.4) is 0 Å². The van der Waals surface area contributed by atoms with E-state index in [1.54, 1.807) is 24.3 Å². The van der Waals surface area contributed by atoms with Crippen molar-refractivity contribution in [1.29, 1.82) is 0 Å². The lowest BCUT2D eigenvalue weighted by atomic mass is 10.1. The second-order valence-corrected chi connectivity index (χ2v) is 6.52. The van der Waals surface area contributed by atoms with Crippen molar-refractivity contribution in [2.75, 3.05) is 13.1 Å². The normalized spacial score (nSPS) is 20.5. The Morgan fingerprint density at radius 3 is 2.47 bits per heavy atom. The molecule has 0 unspecified atom stereocenters. The maximum atomic E-state index is 12.1. The predicted octanol–water partition coefficient (Wildman–Crippen LogP) is 2.94. The van der Waals surface area contributed by atoms with Gasteiger partial charge in [-0.15, -0.1) is 0 Å². The number of carbonyl (C=O) groups excluding carboxylic acids is 1. The van der Waals surface area contributed by atoms with Gasteiger partial charge in [-0.3, -0.25) is 9.69 Å². The molecule has 2 rings (SSSR count).